The normalized spacial score (nSPS) is 16.6. The van der Waals surface area contributed by atoms with Crippen LogP contribution in [0.2, 0.25) is 0 Å². The summed E-state index contributed by atoms with van der Waals surface area (Å²) in [5, 5.41) is 0. The lowest BCUT2D eigenvalue weighted by molar-refractivity contribution is -0.123. The van der Waals surface area contributed by atoms with E-state index >= 15 is 0 Å². The molecule has 2 atom stereocenters. The predicted octanol–water partition coefficient (Wildman–Crippen LogP) is 3.86. The number of anilines is 1. The van der Waals surface area contributed by atoms with Gasteiger partial charge in [-0.25, -0.2) is 9.78 Å². The van der Waals surface area contributed by atoms with E-state index in [1.54, 1.807) is 32.7 Å². The third kappa shape index (κ3) is 4.28. The van der Waals surface area contributed by atoms with Crippen LogP contribution in [-0.2, 0) is 22.4 Å². The first-order valence-corrected chi connectivity index (χ1v) is 10.2. The van der Waals surface area contributed by atoms with Crippen molar-refractivity contribution < 1.29 is 14.3 Å². The van der Waals surface area contributed by atoms with Gasteiger partial charge < -0.3 is 9.72 Å². The number of likely N-dealkylation sites (N-methyl/N-ethyl adjacent to an activating group) is 1. The zero-order valence-corrected chi connectivity index (χ0v) is 17.8. The number of amides is 2. The highest BCUT2D eigenvalue weighted by Gasteiger charge is 2.39. The lowest BCUT2D eigenvalue weighted by atomic mass is 10.1. The number of nitrogens with one attached hydrogen (secondary N) is 1. The molecule has 1 aliphatic rings. The van der Waals surface area contributed by atoms with Crippen molar-refractivity contribution in [3.05, 3.63) is 47.5 Å². The van der Waals surface area contributed by atoms with Crippen LogP contribution >= 0.6 is 0 Å². The number of fused-ring (bicyclic) bond motifs is 1. The zero-order valence-electron chi connectivity index (χ0n) is 17.8. The number of aryl methyl sites for hydroxylation is 1. The molecule has 156 valence electrons. The summed E-state index contributed by atoms with van der Waals surface area (Å²) in [6.45, 7) is 7.42. The van der Waals surface area contributed by atoms with Crippen molar-refractivity contribution in [3.8, 4) is 0 Å². The van der Waals surface area contributed by atoms with Gasteiger partial charge >= 0.3 is 6.09 Å². The van der Waals surface area contributed by atoms with Gasteiger partial charge in [-0.1, -0.05) is 31.5 Å². The van der Waals surface area contributed by atoms with Gasteiger partial charge in [-0.3, -0.25) is 14.6 Å². The van der Waals surface area contributed by atoms with E-state index in [9.17, 15) is 9.59 Å². The van der Waals surface area contributed by atoms with Gasteiger partial charge in [0, 0.05) is 31.0 Å². The molecular formula is C22H30N4O3. The monoisotopic (exact) mass is 398 g/mol. The first kappa shape index (κ1) is 20.9. The van der Waals surface area contributed by atoms with Crippen LogP contribution in [0, 0.1) is 0 Å². The Morgan fingerprint density at radius 2 is 2.03 bits per heavy atom. The Morgan fingerprint density at radius 1 is 1.31 bits per heavy atom. The van der Waals surface area contributed by atoms with Crippen molar-refractivity contribution in [2.45, 2.75) is 65.1 Å². The van der Waals surface area contributed by atoms with Gasteiger partial charge in [-0.05, 0) is 38.8 Å². The maximum Gasteiger partial charge on any atom is 0.410 e. The number of imidazole rings is 1. The summed E-state index contributed by atoms with van der Waals surface area (Å²) in [5.74, 6) is 0.620. The number of hydrogen-bond acceptors (Lipinski definition) is 4. The first-order valence-electron chi connectivity index (χ1n) is 10.2. The van der Waals surface area contributed by atoms with Crippen LogP contribution in [0.3, 0.4) is 0 Å². The van der Waals surface area contributed by atoms with Crippen molar-refractivity contribution in [2.75, 3.05) is 11.9 Å². The Labute approximate surface area is 172 Å². The van der Waals surface area contributed by atoms with Gasteiger partial charge in [0.05, 0.1) is 12.1 Å². The van der Waals surface area contributed by atoms with Crippen LogP contribution in [0.25, 0.3) is 0 Å². The van der Waals surface area contributed by atoms with Crippen LogP contribution in [-0.4, -0.2) is 46.1 Å². The second-order valence-corrected chi connectivity index (χ2v) is 7.82. The number of benzene rings is 1. The lowest BCUT2D eigenvalue weighted by Crippen LogP contribution is -2.48. The summed E-state index contributed by atoms with van der Waals surface area (Å²) in [4.78, 5) is 36.9. The third-order valence-corrected chi connectivity index (χ3v) is 5.26. The molecule has 1 aromatic carbocycles. The smallest absolute Gasteiger partial charge is 0.410 e. The van der Waals surface area contributed by atoms with Gasteiger partial charge in [0.2, 0.25) is 5.91 Å². The van der Waals surface area contributed by atoms with Gasteiger partial charge in [0.25, 0.3) is 0 Å². The summed E-state index contributed by atoms with van der Waals surface area (Å²) < 4.78 is 5.25. The topological polar surface area (TPSA) is 78.5 Å². The molecule has 0 radical (unpaired) electrons. The van der Waals surface area contributed by atoms with Crippen LogP contribution < -0.4 is 4.90 Å². The van der Waals surface area contributed by atoms with Crippen LogP contribution in [0.15, 0.2) is 30.5 Å². The van der Waals surface area contributed by atoms with Crippen molar-refractivity contribution in [3.63, 3.8) is 0 Å². The first-order chi connectivity index (χ1) is 13.8. The van der Waals surface area contributed by atoms with Crippen LogP contribution in [0.5, 0.6) is 0 Å². The molecule has 3 rings (SSSR count). The molecule has 2 heterocycles. The van der Waals surface area contributed by atoms with E-state index in [1.165, 1.54) is 4.90 Å². The van der Waals surface area contributed by atoms with Crippen molar-refractivity contribution in [1.29, 1.82) is 0 Å². The number of ether oxygens (including phenoxy) is 1. The van der Waals surface area contributed by atoms with Crippen molar-refractivity contribution in [1.82, 2.24) is 14.9 Å². The molecule has 2 amide bonds. The molecule has 0 spiro atoms. The Kier molecular flexibility index (Phi) is 6.25. The van der Waals surface area contributed by atoms with Gasteiger partial charge in [-0.2, -0.15) is 0 Å². The number of hydrogen-bond donors (Lipinski definition) is 1. The highest BCUT2D eigenvalue weighted by Crippen LogP contribution is 2.40. The molecule has 0 saturated heterocycles. The van der Waals surface area contributed by atoms with Crippen molar-refractivity contribution in [2.24, 2.45) is 0 Å². The van der Waals surface area contributed by atoms with Gasteiger partial charge in [0.1, 0.15) is 11.9 Å². The molecule has 7 nitrogen and oxygen atoms in total. The summed E-state index contributed by atoms with van der Waals surface area (Å²) in [6.07, 6.45) is 3.73. The van der Waals surface area contributed by atoms with E-state index in [-0.39, 0.29) is 18.1 Å². The molecule has 1 N–H and O–H groups in total. The quantitative estimate of drug-likeness (QED) is 0.801. The summed E-state index contributed by atoms with van der Waals surface area (Å²) in [7, 11) is 1.59. The average molecular weight is 399 g/mol. The van der Waals surface area contributed by atoms with E-state index in [2.05, 4.69) is 16.9 Å². The largest absolute Gasteiger partial charge is 0.447 e. The number of aromatic amines is 1. The second-order valence-electron chi connectivity index (χ2n) is 7.82. The molecule has 0 aliphatic carbocycles. The number of H-pyrrole nitrogens is 1. The summed E-state index contributed by atoms with van der Waals surface area (Å²) in [5.41, 5.74) is 3.03. The molecule has 0 saturated carbocycles. The number of rotatable bonds is 6. The van der Waals surface area contributed by atoms with Gasteiger partial charge in [0.15, 0.2) is 0 Å². The number of aromatic nitrogens is 2. The lowest BCUT2D eigenvalue weighted by Gasteiger charge is -2.31. The van der Waals surface area contributed by atoms with E-state index in [1.807, 2.05) is 30.5 Å². The minimum atomic E-state index is -0.667. The predicted molar refractivity (Wildman–Crippen MR) is 112 cm³/mol. The maximum absolute atomic E-state index is 13.5. The molecule has 2 unspecified atom stereocenters. The van der Waals surface area contributed by atoms with Crippen LogP contribution in [0.1, 0.15) is 57.2 Å². The molecule has 1 aliphatic heterocycles. The van der Waals surface area contributed by atoms with Gasteiger partial charge in [-0.15, -0.1) is 0 Å². The molecular weight excluding hydrogens is 368 g/mol. The van der Waals surface area contributed by atoms with E-state index in [4.69, 9.17) is 4.74 Å². The number of carbonyl (C=O) groups excluding carboxylic acids is 2. The van der Waals surface area contributed by atoms with E-state index < -0.39 is 12.1 Å². The number of carbonyl (C=O) groups is 2. The number of nitrogens with zero attached hydrogens (tertiary/aromatic N) is 3. The van der Waals surface area contributed by atoms with E-state index in [0.29, 0.717) is 6.42 Å². The highest BCUT2D eigenvalue weighted by molar-refractivity contribution is 6.00. The Balaban J connectivity index is 1.89. The molecule has 2 aromatic rings. The minimum absolute atomic E-state index is 0.156. The fourth-order valence-corrected chi connectivity index (χ4v) is 3.63. The molecule has 0 fully saturated rings. The third-order valence-electron chi connectivity index (χ3n) is 5.26. The Morgan fingerprint density at radius 3 is 2.72 bits per heavy atom. The van der Waals surface area contributed by atoms with Crippen molar-refractivity contribution >= 4 is 17.7 Å². The molecule has 29 heavy (non-hydrogen) atoms. The molecule has 0 bridgehead atoms. The van der Waals surface area contributed by atoms with E-state index in [0.717, 1.165) is 35.6 Å². The highest BCUT2D eigenvalue weighted by atomic mass is 16.6. The summed E-state index contributed by atoms with van der Waals surface area (Å²) in [6, 6.07) is 7.00. The number of para-hydroxylation sites is 1. The standard InChI is InChI=1S/C22H30N4O3/c1-6-9-17-13-23-20(24-17)19-12-16-10-7-8-11-18(16)26(19)21(27)15(4)25(5)22(28)29-14(2)3/h7-8,10-11,13-15,19H,6,9,12H2,1-5H3,(H,23,24). The Bertz CT molecular complexity index is 876. The Hall–Kier alpha value is -2.83. The SMILES string of the molecule is CCCc1cnc(C2Cc3ccccc3N2C(=O)C(C)N(C)C(=O)OC(C)C)[nH]1. The summed E-state index contributed by atoms with van der Waals surface area (Å²) >= 11 is 0. The molecule has 1 aromatic heterocycles. The minimum Gasteiger partial charge on any atom is -0.447 e. The molecule has 7 heteroatoms. The fourth-order valence-electron chi connectivity index (χ4n) is 3.63. The second kappa shape index (κ2) is 8.68. The average Bonchev–Trinajstić information content (AvgIpc) is 3.30. The van der Waals surface area contributed by atoms with Crippen LogP contribution in [0.4, 0.5) is 10.5 Å². The fraction of sp³-hybridized carbons (Fsp3) is 0.500. The zero-order chi connectivity index (χ0) is 21.1. The maximum atomic E-state index is 13.5.